The van der Waals surface area contributed by atoms with Gasteiger partial charge in [0, 0.05) is 11.6 Å². The van der Waals surface area contributed by atoms with Crippen LogP contribution in [0.1, 0.15) is 5.56 Å². The predicted molar refractivity (Wildman–Crippen MR) is 77.4 cm³/mol. The second-order valence-corrected chi connectivity index (χ2v) is 4.42. The van der Waals surface area contributed by atoms with Crippen molar-refractivity contribution >= 4 is 16.6 Å². The van der Waals surface area contributed by atoms with Crippen molar-refractivity contribution in [1.29, 1.82) is 0 Å². The Morgan fingerprint density at radius 2 is 1.68 bits per heavy atom. The molecule has 0 amide bonds. The third-order valence-electron chi connectivity index (χ3n) is 3.10. The number of hydrogen-bond donors (Lipinski definition) is 1. The van der Waals surface area contributed by atoms with E-state index < -0.39 is 0 Å². The smallest absolute Gasteiger partial charge is 0.153 e. The number of nitrogens with zero attached hydrogens (tertiary/aromatic N) is 1. The van der Waals surface area contributed by atoms with Gasteiger partial charge >= 0.3 is 0 Å². The first-order valence-corrected chi connectivity index (χ1v) is 6.12. The van der Waals surface area contributed by atoms with Gasteiger partial charge in [-0.25, -0.2) is 0 Å². The van der Waals surface area contributed by atoms with E-state index in [-0.39, 0.29) is 0 Å². The number of benzene rings is 2. The molecule has 0 saturated carbocycles. The van der Waals surface area contributed by atoms with Crippen molar-refractivity contribution in [3.05, 3.63) is 60.3 Å². The predicted octanol–water partition coefficient (Wildman–Crippen LogP) is 3.92. The number of ether oxygens (including phenoxy) is 1. The SMILES string of the molecule is Cc1cccc(Oc2cccc3cccnc23)c1N. The molecule has 0 spiro atoms. The van der Waals surface area contributed by atoms with Crippen LogP contribution < -0.4 is 10.5 Å². The summed E-state index contributed by atoms with van der Waals surface area (Å²) < 4.78 is 5.92. The van der Waals surface area contributed by atoms with E-state index in [0.717, 1.165) is 22.2 Å². The van der Waals surface area contributed by atoms with Crippen molar-refractivity contribution in [1.82, 2.24) is 4.98 Å². The zero-order valence-corrected chi connectivity index (χ0v) is 10.6. The highest BCUT2D eigenvalue weighted by atomic mass is 16.5. The van der Waals surface area contributed by atoms with Gasteiger partial charge in [0.2, 0.25) is 0 Å². The number of nitrogen functional groups attached to an aromatic ring is 1. The van der Waals surface area contributed by atoms with Crippen molar-refractivity contribution in [2.45, 2.75) is 6.92 Å². The summed E-state index contributed by atoms with van der Waals surface area (Å²) in [5.74, 6) is 1.38. The van der Waals surface area contributed by atoms with Crippen LogP contribution >= 0.6 is 0 Å². The Bertz CT molecular complexity index is 732. The number of aromatic nitrogens is 1. The van der Waals surface area contributed by atoms with Gasteiger partial charge in [0.1, 0.15) is 5.52 Å². The monoisotopic (exact) mass is 250 g/mol. The second kappa shape index (κ2) is 4.61. The Morgan fingerprint density at radius 1 is 0.947 bits per heavy atom. The molecule has 94 valence electrons. The van der Waals surface area contributed by atoms with Gasteiger partial charge in [-0.1, -0.05) is 30.3 Å². The average molecular weight is 250 g/mol. The normalized spacial score (nSPS) is 10.6. The molecule has 0 aliphatic rings. The first-order valence-electron chi connectivity index (χ1n) is 6.12. The van der Waals surface area contributed by atoms with Crippen molar-refractivity contribution in [2.75, 3.05) is 5.73 Å². The number of para-hydroxylation sites is 2. The summed E-state index contributed by atoms with van der Waals surface area (Å²) in [6.07, 6.45) is 1.76. The van der Waals surface area contributed by atoms with Crippen molar-refractivity contribution in [3.63, 3.8) is 0 Å². The van der Waals surface area contributed by atoms with Crippen LogP contribution in [0.15, 0.2) is 54.7 Å². The van der Waals surface area contributed by atoms with Crippen LogP contribution in [-0.2, 0) is 0 Å². The third kappa shape index (κ3) is 2.10. The number of rotatable bonds is 2. The van der Waals surface area contributed by atoms with Gasteiger partial charge in [-0.05, 0) is 30.7 Å². The molecular weight excluding hydrogens is 236 g/mol. The lowest BCUT2D eigenvalue weighted by Gasteiger charge is -2.11. The van der Waals surface area contributed by atoms with Gasteiger partial charge in [0.25, 0.3) is 0 Å². The molecule has 2 N–H and O–H groups in total. The molecule has 3 rings (SSSR count). The molecule has 3 aromatic rings. The van der Waals surface area contributed by atoms with Crippen LogP contribution in [0.4, 0.5) is 5.69 Å². The molecule has 0 aliphatic heterocycles. The van der Waals surface area contributed by atoms with E-state index in [1.54, 1.807) is 6.20 Å². The largest absolute Gasteiger partial charge is 0.453 e. The molecule has 2 aromatic carbocycles. The molecule has 0 atom stereocenters. The first kappa shape index (κ1) is 11.5. The molecule has 3 nitrogen and oxygen atoms in total. The Hall–Kier alpha value is -2.55. The number of hydrogen-bond acceptors (Lipinski definition) is 3. The molecular formula is C16H14N2O. The standard InChI is InChI=1S/C16H14N2O/c1-11-5-2-8-13(15(11)17)19-14-9-3-6-12-7-4-10-18-16(12)14/h2-10H,17H2,1H3. The van der Waals surface area contributed by atoms with Crippen molar-refractivity contribution < 1.29 is 4.74 Å². The summed E-state index contributed by atoms with van der Waals surface area (Å²) in [6.45, 7) is 1.96. The highest BCUT2D eigenvalue weighted by Crippen LogP contribution is 2.32. The maximum absolute atomic E-state index is 6.03. The van der Waals surface area contributed by atoms with Gasteiger partial charge in [0.15, 0.2) is 11.5 Å². The minimum Gasteiger partial charge on any atom is -0.453 e. The number of pyridine rings is 1. The first-order chi connectivity index (χ1) is 9.25. The fourth-order valence-electron chi connectivity index (χ4n) is 2.02. The molecule has 0 fully saturated rings. The molecule has 0 aliphatic carbocycles. The lowest BCUT2D eigenvalue weighted by Crippen LogP contribution is -1.95. The molecule has 1 heterocycles. The van der Waals surface area contributed by atoms with Crippen molar-refractivity contribution in [2.24, 2.45) is 0 Å². The Kier molecular flexibility index (Phi) is 2.80. The number of anilines is 1. The van der Waals surface area contributed by atoms with Crippen LogP contribution in [-0.4, -0.2) is 4.98 Å². The van der Waals surface area contributed by atoms with Crippen LogP contribution in [0, 0.1) is 6.92 Å². The number of nitrogens with two attached hydrogens (primary N) is 1. The molecule has 0 radical (unpaired) electrons. The Labute approximate surface area is 111 Å². The lowest BCUT2D eigenvalue weighted by atomic mass is 10.2. The van der Waals surface area contributed by atoms with Crippen LogP contribution in [0.5, 0.6) is 11.5 Å². The fraction of sp³-hybridized carbons (Fsp3) is 0.0625. The Balaban J connectivity index is 2.09. The maximum atomic E-state index is 6.03. The summed E-state index contributed by atoms with van der Waals surface area (Å²) in [6, 6.07) is 15.5. The quantitative estimate of drug-likeness (QED) is 0.701. The van der Waals surface area contributed by atoms with Crippen molar-refractivity contribution in [3.8, 4) is 11.5 Å². The highest BCUT2D eigenvalue weighted by molar-refractivity contribution is 5.84. The molecule has 3 heteroatoms. The molecule has 0 bridgehead atoms. The van der Waals surface area contributed by atoms with Crippen LogP contribution in [0.3, 0.4) is 0 Å². The van der Waals surface area contributed by atoms with Gasteiger partial charge in [-0.15, -0.1) is 0 Å². The highest BCUT2D eigenvalue weighted by Gasteiger charge is 2.07. The van der Waals surface area contributed by atoms with E-state index in [1.165, 1.54) is 0 Å². The van der Waals surface area contributed by atoms with Gasteiger partial charge < -0.3 is 10.5 Å². The zero-order valence-electron chi connectivity index (χ0n) is 10.6. The van der Waals surface area contributed by atoms with E-state index in [1.807, 2.05) is 55.5 Å². The summed E-state index contributed by atoms with van der Waals surface area (Å²) in [5, 5.41) is 1.05. The van der Waals surface area contributed by atoms with E-state index >= 15 is 0 Å². The average Bonchev–Trinajstić information content (AvgIpc) is 2.44. The van der Waals surface area contributed by atoms with Gasteiger partial charge in [-0.3, -0.25) is 4.98 Å². The molecule has 19 heavy (non-hydrogen) atoms. The van der Waals surface area contributed by atoms with Gasteiger partial charge in [0.05, 0.1) is 5.69 Å². The van der Waals surface area contributed by atoms with Crippen LogP contribution in [0.2, 0.25) is 0 Å². The van der Waals surface area contributed by atoms with E-state index in [0.29, 0.717) is 11.4 Å². The molecule has 1 aromatic heterocycles. The lowest BCUT2D eigenvalue weighted by molar-refractivity contribution is 0.489. The molecule has 0 unspecified atom stereocenters. The summed E-state index contributed by atoms with van der Waals surface area (Å²) in [7, 11) is 0. The van der Waals surface area contributed by atoms with E-state index in [9.17, 15) is 0 Å². The number of aryl methyl sites for hydroxylation is 1. The zero-order chi connectivity index (χ0) is 13.2. The van der Waals surface area contributed by atoms with E-state index in [4.69, 9.17) is 10.5 Å². The molecule has 0 saturated heterocycles. The van der Waals surface area contributed by atoms with Gasteiger partial charge in [-0.2, -0.15) is 0 Å². The number of fused-ring (bicyclic) bond motifs is 1. The minimum atomic E-state index is 0.662. The Morgan fingerprint density at radius 3 is 2.58 bits per heavy atom. The summed E-state index contributed by atoms with van der Waals surface area (Å²) in [5.41, 5.74) is 8.54. The van der Waals surface area contributed by atoms with E-state index in [2.05, 4.69) is 4.98 Å². The topological polar surface area (TPSA) is 48.1 Å². The minimum absolute atomic E-state index is 0.662. The summed E-state index contributed by atoms with van der Waals surface area (Å²) in [4.78, 5) is 4.36. The van der Waals surface area contributed by atoms with Crippen LogP contribution in [0.25, 0.3) is 10.9 Å². The second-order valence-electron chi connectivity index (χ2n) is 4.42. The summed E-state index contributed by atoms with van der Waals surface area (Å²) >= 11 is 0. The third-order valence-corrected chi connectivity index (χ3v) is 3.10. The fourth-order valence-corrected chi connectivity index (χ4v) is 2.02. The maximum Gasteiger partial charge on any atom is 0.153 e.